The number of hydrogen-bond acceptors (Lipinski definition) is 3. The van der Waals surface area contributed by atoms with Crippen molar-refractivity contribution in [1.82, 2.24) is 4.90 Å². The zero-order valence-corrected chi connectivity index (χ0v) is 9.32. The maximum absolute atomic E-state index is 11.7. The minimum atomic E-state index is 0.220. The third kappa shape index (κ3) is 2.40. The molecule has 0 spiro atoms. The number of carbonyl (C=O) groups excluding carboxylic acids is 1. The number of Topliss-reactive ketones (excluding diaryl/α,β-unsaturated/α-hetero) is 1. The van der Waals surface area contributed by atoms with E-state index in [1.165, 1.54) is 12.8 Å². The molecule has 1 aliphatic heterocycles. The van der Waals surface area contributed by atoms with Gasteiger partial charge in [0, 0.05) is 24.9 Å². The van der Waals surface area contributed by atoms with Crippen LogP contribution in [0.4, 0.5) is 0 Å². The number of piperidine rings is 1. The van der Waals surface area contributed by atoms with Crippen LogP contribution in [-0.4, -0.2) is 41.5 Å². The maximum Gasteiger partial charge on any atom is 0.137 e. The van der Waals surface area contributed by atoms with Crippen molar-refractivity contribution in [3.8, 4) is 0 Å². The molecule has 2 atom stereocenters. The van der Waals surface area contributed by atoms with E-state index in [2.05, 4.69) is 4.90 Å². The highest BCUT2D eigenvalue weighted by Crippen LogP contribution is 2.32. The summed E-state index contributed by atoms with van der Waals surface area (Å²) in [5, 5.41) is 9.02. The fraction of sp³-hybridized carbons (Fsp3) is 0.917. The lowest BCUT2D eigenvalue weighted by Crippen LogP contribution is -2.46. The summed E-state index contributed by atoms with van der Waals surface area (Å²) in [7, 11) is 0. The molecule has 86 valence electrons. The standard InChI is InChI=1S/C12H21NO2/c14-9-8-13-7-2-1-5-11(13)10-4-3-6-12(10)15/h10-11,14H,1-9H2. The fourth-order valence-electron chi connectivity index (χ4n) is 3.13. The van der Waals surface area contributed by atoms with Crippen LogP contribution in [0.15, 0.2) is 0 Å². The van der Waals surface area contributed by atoms with Gasteiger partial charge in [-0.15, -0.1) is 0 Å². The smallest absolute Gasteiger partial charge is 0.137 e. The summed E-state index contributed by atoms with van der Waals surface area (Å²) in [4.78, 5) is 14.1. The summed E-state index contributed by atoms with van der Waals surface area (Å²) in [6.45, 7) is 2.03. The van der Waals surface area contributed by atoms with Crippen LogP contribution >= 0.6 is 0 Å². The summed E-state index contributed by atoms with van der Waals surface area (Å²) < 4.78 is 0. The van der Waals surface area contributed by atoms with Crippen LogP contribution in [0.3, 0.4) is 0 Å². The number of β-amino-alcohol motifs (C(OH)–C–C–N with tert-alkyl or cyclic N) is 1. The van der Waals surface area contributed by atoms with Gasteiger partial charge in [-0.05, 0) is 32.2 Å². The first kappa shape index (κ1) is 11.1. The van der Waals surface area contributed by atoms with Crippen LogP contribution in [0.1, 0.15) is 38.5 Å². The first-order valence-corrected chi connectivity index (χ1v) is 6.20. The van der Waals surface area contributed by atoms with Crippen molar-refractivity contribution >= 4 is 5.78 Å². The fourth-order valence-corrected chi connectivity index (χ4v) is 3.13. The van der Waals surface area contributed by atoms with E-state index < -0.39 is 0 Å². The molecule has 0 bridgehead atoms. The molecule has 1 heterocycles. The van der Waals surface area contributed by atoms with Gasteiger partial charge in [-0.3, -0.25) is 9.69 Å². The van der Waals surface area contributed by atoms with Crippen LogP contribution in [0, 0.1) is 5.92 Å². The second-order valence-electron chi connectivity index (χ2n) is 4.79. The highest BCUT2D eigenvalue weighted by atomic mass is 16.3. The van der Waals surface area contributed by atoms with Gasteiger partial charge in [-0.1, -0.05) is 6.42 Å². The molecule has 0 radical (unpaired) electrons. The van der Waals surface area contributed by atoms with E-state index in [0.29, 0.717) is 11.8 Å². The van der Waals surface area contributed by atoms with Crippen molar-refractivity contribution in [3.63, 3.8) is 0 Å². The lowest BCUT2D eigenvalue weighted by Gasteiger charge is -2.38. The number of likely N-dealkylation sites (tertiary alicyclic amines) is 1. The number of hydrogen-bond donors (Lipinski definition) is 1. The molecular weight excluding hydrogens is 190 g/mol. The number of nitrogens with zero attached hydrogens (tertiary/aromatic N) is 1. The molecule has 0 aromatic carbocycles. The van der Waals surface area contributed by atoms with E-state index in [1.54, 1.807) is 0 Å². The Morgan fingerprint density at radius 2 is 2.13 bits per heavy atom. The first-order valence-electron chi connectivity index (χ1n) is 6.20. The van der Waals surface area contributed by atoms with Crippen LogP contribution in [0.2, 0.25) is 0 Å². The zero-order chi connectivity index (χ0) is 10.7. The third-order valence-corrected chi connectivity index (χ3v) is 3.87. The number of carbonyl (C=O) groups is 1. The Labute approximate surface area is 91.5 Å². The number of rotatable bonds is 3. The number of aliphatic hydroxyl groups is 1. The molecule has 2 aliphatic rings. The second kappa shape index (κ2) is 5.08. The summed E-state index contributed by atoms with van der Waals surface area (Å²) in [5.41, 5.74) is 0. The van der Waals surface area contributed by atoms with Gasteiger partial charge in [0.25, 0.3) is 0 Å². The lowest BCUT2D eigenvalue weighted by atomic mass is 9.88. The van der Waals surface area contributed by atoms with E-state index in [9.17, 15) is 4.79 Å². The molecule has 0 aromatic rings. The van der Waals surface area contributed by atoms with Gasteiger partial charge < -0.3 is 5.11 Å². The first-order chi connectivity index (χ1) is 7.33. The van der Waals surface area contributed by atoms with Gasteiger partial charge in [0.05, 0.1) is 6.61 Å². The second-order valence-corrected chi connectivity index (χ2v) is 4.79. The Morgan fingerprint density at radius 3 is 2.80 bits per heavy atom. The normalized spacial score (nSPS) is 33.5. The third-order valence-electron chi connectivity index (χ3n) is 3.87. The molecule has 15 heavy (non-hydrogen) atoms. The van der Waals surface area contributed by atoms with Gasteiger partial charge in [0.15, 0.2) is 0 Å². The van der Waals surface area contributed by atoms with E-state index in [1.807, 2.05) is 0 Å². The average Bonchev–Trinajstić information content (AvgIpc) is 2.66. The van der Waals surface area contributed by atoms with Crippen LogP contribution in [0.25, 0.3) is 0 Å². The van der Waals surface area contributed by atoms with Gasteiger partial charge in [0.2, 0.25) is 0 Å². The summed E-state index contributed by atoms with van der Waals surface area (Å²) in [5.74, 6) is 0.738. The van der Waals surface area contributed by atoms with Crippen LogP contribution in [-0.2, 0) is 4.79 Å². The topological polar surface area (TPSA) is 40.5 Å². The molecule has 0 amide bonds. The number of ketones is 1. The quantitative estimate of drug-likeness (QED) is 0.762. The van der Waals surface area contributed by atoms with Crippen molar-refractivity contribution in [1.29, 1.82) is 0 Å². The SMILES string of the molecule is O=C1CCCC1C1CCCCN1CCO. The molecule has 3 nitrogen and oxygen atoms in total. The van der Waals surface area contributed by atoms with Crippen LogP contribution < -0.4 is 0 Å². The highest BCUT2D eigenvalue weighted by molar-refractivity contribution is 5.83. The Balaban J connectivity index is 2.00. The van der Waals surface area contributed by atoms with Gasteiger partial charge >= 0.3 is 0 Å². The molecule has 1 aliphatic carbocycles. The predicted octanol–water partition coefficient (Wildman–Crippen LogP) is 1.20. The average molecular weight is 211 g/mol. The molecule has 3 heteroatoms. The zero-order valence-electron chi connectivity index (χ0n) is 9.32. The van der Waals surface area contributed by atoms with Gasteiger partial charge in [-0.25, -0.2) is 0 Å². The van der Waals surface area contributed by atoms with Crippen molar-refractivity contribution in [2.45, 2.75) is 44.6 Å². The molecule has 2 rings (SSSR count). The van der Waals surface area contributed by atoms with Crippen LogP contribution in [0.5, 0.6) is 0 Å². The molecule has 0 aromatic heterocycles. The molecule has 1 saturated carbocycles. The van der Waals surface area contributed by atoms with Crippen molar-refractivity contribution < 1.29 is 9.90 Å². The summed E-state index contributed by atoms with van der Waals surface area (Å²) in [6, 6.07) is 0.431. The lowest BCUT2D eigenvalue weighted by molar-refractivity contribution is -0.123. The minimum absolute atomic E-state index is 0.220. The van der Waals surface area contributed by atoms with E-state index in [4.69, 9.17) is 5.11 Å². The largest absolute Gasteiger partial charge is 0.395 e. The Bertz CT molecular complexity index is 228. The van der Waals surface area contributed by atoms with Crippen molar-refractivity contribution in [2.75, 3.05) is 19.7 Å². The Hall–Kier alpha value is -0.410. The summed E-state index contributed by atoms with van der Waals surface area (Å²) in [6.07, 6.45) is 6.55. The monoisotopic (exact) mass is 211 g/mol. The van der Waals surface area contributed by atoms with Gasteiger partial charge in [-0.2, -0.15) is 0 Å². The predicted molar refractivity (Wildman–Crippen MR) is 58.6 cm³/mol. The van der Waals surface area contributed by atoms with Crippen molar-refractivity contribution in [2.24, 2.45) is 5.92 Å². The number of aliphatic hydroxyl groups excluding tert-OH is 1. The van der Waals surface area contributed by atoms with E-state index >= 15 is 0 Å². The van der Waals surface area contributed by atoms with E-state index in [0.717, 1.165) is 38.8 Å². The Kier molecular flexibility index (Phi) is 3.76. The Morgan fingerprint density at radius 1 is 1.27 bits per heavy atom. The van der Waals surface area contributed by atoms with Gasteiger partial charge in [0.1, 0.15) is 5.78 Å². The molecule has 2 fully saturated rings. The maximum atomic E-state index is 11.7. The minimum Gasteiger partial charge on any atom is -0.395 e. The molecule has 1 saturated heterocycles. The highest BCUT2D eigenvalue weighted by Gasteiger charge is 2.36. The summed E-state index contributed by atoms with van der Waals surface area (Å²) >= 11 is 0. The molecular formula is C12H21NO2. The molecule has 2 unspecified atom stereocenters. The van der Waals surface area contributed by atoms with Crippen molar-refractivity contribution in [3.05, 3.63) is 0 Å². The van der Waals surface area contributed by atoms with E-state index in [-0.39, 0.29) is 12.5 Å². The molecule has 1 N–H and O–H groups in total.